The van der Waals surface area contributed by atoms with E-state index in [1.54, 1.807) is 36.4 Å². The number of hydrogen-bond acceptors (Lipinski definition) is 2. The first-order chi connectivity index (χ1) is 10.6. The molecule has 112 valence electrons. The lowest BCUT2D eigenvalue weighted by Gasteiger charge is -2.05. The number of fused-ring (bicyclic) bond motifs is 1. The zero-order valence-electron chi connectivity index (χ0n) is 11.9. The Hall–Kier alpha value is -2.46. The van der Waals surface area contributed by atoms with Gasteiger partial charge in [-0.3, -0.25) is 0 Å². The number of halogens is 1. The maximum absolute atomic E-state index is 11.3. The van der Waals surface area contributed by atoms with Gasteiger partial charge in [-0.15, -0.1) is 0 Å². The molecule has 0 atom stereocenters. The highest BCUT2D eigenvalue weighted by molar-refractivity contribution is 6.30. The SMILES string of the molecule is Cn1cc(COc2ccc(Cl)cc2)c2cccc(C(=O)O)c21. The van der Waals surface area contributed by atoms with Crippen molar-refractivity contribution in [3.05, 3.63) is 64.8 Å². The molecule has 0 amide bonds. The van der Waals surface area contributed by atoms with E-state index in [4.69, 9.17) is 16.3 Å². The van der Waals surface area contributed by atoms with Crippen molar-refractivity contribution < 1.29 is 14.6 Å². The maximum atomic E-state index is 11.3. The van der Waals surface area contributed by atoms with Gasteiger partial charge in [0, 0.05) is 29.2 Å². The molecule has 0 aliphatic rings. The number of benzene rings is 2. The molecular formula is C17H14ClNO3. The molecule has 0 unspecified atom stereocenters. The summed E-state index contributed by atoms with van der Waals surface area (Å²) >= 11 is 5.84. The van der Waals surface area contributed by atoms with Crippen LogP contribution in [-0.2, 0) is 13.7 Å². The number of aromatic carboxylic acids is 1. The van der Waals surface area contributed by atoms with Gasteiger partial charge in [0.1, 0.15) is 12.4 Å². The molecule has 1 heterocycles. The minimum absolute atomic E-state index is 0.290. The molecule has 0 saturated heterocycles. The van der Waals surface area contributed by atoms with Crippen LogP contribution in [-0.4, -0.2) is 15.6 Å². The summed E-state index contributed by atoms with van der Waals surface area (Å²) in [5.41, 5.74) is 1.93. The molecule has 0 aliphatic heterocycles. The molecule has 0 aliphatic carbocycles. The highest BCUT2D eigenvalue weighted by Gasteiger charge is 2.14. The van der Waals surface area contributed by atoms with Crippen LogP contribution in [0.1, 0.15) is 15.9 Å². The molecule has 0 bridgehead atoms. The van der Waals surface area contributed by atoms with E-state index in [0.717, 1.165) is 16.7 Å². The number of aromatic nitrogens is 1. The molecule has 1 aromatic heterocycles. The predicted molar refractivity (Wildman–Crippen MR) is 85.7 cm³/mol. The lowest BCUT2D eigenvalue weighted by molar-refractivity contribution is 0.0698. The van der Waals surface area contributed by atoms with Crippen LogP contribution in [0.25, 0.3) is 10.9 Å². The van der Waals surface area contributed by atoms with Crippen LogP contribution in [0.2, 0.25) is 5.02 Å². The van der Waals surface area contributed by atoms with Crippen molar-refractivity contribution in [1.29, 1.82) is 0 Å². The van der Waals surface area contributed by atoms with Gasteiger partial charge in [-0.05, 0) is 30.3 Å². The third kappa shape index (κ3) is 2.65. The van der Waals surface area contributed by atoms with Crippen molar-refractivity contribution >= 4 is 28.5 Å². The molecule has 0 fully saturated rings. The Morgan fingerprint density at radius 2 is 1.95 bits per heavy atom. The van der Waals surface area contributed by atoms with Crippen LogP contribution >= 0.6 is 11.6 Å². The standard InChI is InChI=1S/C17H14ClNO3/c1-19-9-11(10-22-13-7-5-12(18)6-8-13)14-3-2-4-15(16(14)19)17(20)21/h2-9H,10H2,1H3,(H,20,21). The van der Waals surface area contributed by atoms with Crippen LogP contribution < -0.4 is 4.74 Å². The predicted octanol–water partition coefficient (Wildman–Crippen LogP) is 4.11. The summed E-state index contributed by atoms with van der Waals surface area (Å²) in [5.74, 6) is -0.215. The highest BCUT2D eigenvalue weighted by Crippen LogP contribution is 2.26. The number of para-hydroxylation sites is 1. The number of carbonyl (C=O) groups is 1. The first-order valence-corrected chi connectivity index (χ1v) is 7.12. The van der Waals surface area contributed by atoms with Gasteiger partial charge in [-0.2, -0.15) is 0 Å². The second-order valence-electron chi connectivity index (χ2n) is 5.01. The van der Waals surface area contributed by atoms with Gasteiger partial charge in [0.15, 0.2) is 0 Å². The van der Waals surface area contributed by atoms with Crippen LogP contribution in [0.15, 0.2) is 48.7 Å². The average molecular weight is 316 g/mol. The van der Waals surface area contributed by atoms with Crippen molar-refractivity contribution in [2.75, 3.05) is 0 Å². The number of nitrogens with zero attached hydrogens (tertiary/aromatic N) is 1. The number of carboxylic acids is 1. The van der Waals surface area contributed by atoms with Gasteiger partial charge >= 0.3 is 5.97 Å². The molecule has 2 aromatic carbocycles. The Bertz CT molecular complexity index is 837. The summed E-state index contributed by atoms with van der Waals surface area (Å²) in [4.78, 5) is 11.3. The topological polar surface area (TPSA) is 51.5 Å². The molecule has 3 aromatic rings. The molecule has 22 heavy (non-hydrogen) atoms. The normalized spacial score (nSPS) is 10.8. The van der Waals surface area contributed by atoms with E-state index < -0.39 is 5.97 Å². The quantitative estimate of drug-likeness (QED) is 0.788. The van der Waals surface area contributed by atoms with Crippen LogP contribution in [0, 0.1) is 0 Å². The van der Waals surface area contributed by atoms with Crippen molar-refractivity contribution in [1.82, 2.24) is 4.57 Å². The van der Waals surface area contributed by atoms with E-state index in [0.29, 0.717) is 17.1 Å². The van der Waals surface area contributed by atoms with Crippen molar-refractivity contribution in [2.45, 2.75) is 6.61 Å². The minimum Gasteiger partial charge on any atom is -0.489 e. The largest absolute Gasteiger partial charge is 0.489 e. The third-order valence-corrected chi connectivity index (χ3v) is 3.77. The fraction of sp³-hybridized carbons (Fsp3) is 0.118. The first kappa shape index (κ1) is 14.5. The summed E-state index contributed by atoms with van der Waals surface area (Å²) in [6, 6.07) is 12.4. The van der Waals surface area contributed by atoms with E-state index in [9.17, 15) is 9.90 Å². The van der Waals surface area contributed by atoms with Gasteiger partial charge in [0.05, 0.1) is 11.1 Å². The zero-order valence-corrected chi connectivity index (χ0v) is 12.7. The lowest BCUT2D eigenvalue weighted by Crippen LogP contribution is -1.99. The number of rotatable bonds is 4. The molecule has 0 spiro atoms. The molecule has 3 rings (SSSR count). The third-order valence-electron chi connectivity index (χ3n) is 3.52. The van der Waals surface area contributed by atoms with Crippen LogP contribution in [0.3, 0.4) is 0 Å². The summed E-state index contributed by atoms with van der Waals surface area (Å²) in [6.45, 7) is 0.363. The zero-order chi connectivity index (χ0) is 15.7. The Morgan fingerprint density at radius 3 is 2.64 bits per heavy atom. The lowest BCUT2D eigenvalue weighted by atomic mass is 10.1. The minimum atomic E-state index is -0.933. The second kappa shape index (κ2) is 5.73. The maximum Gasteiger partial charge on any atom is 0.337 e. The van der Waals surface area contributed by atoms with Gasteiger partial charge in [0.2, 0.25) is 0 Å². The molecule has 4 nitrogen and oxygen atoms in total. The molecule has 0 radical (unpaired) electrons. The fourth-order valence-corrected chi connectivity index (χ4v) is 2.66. The highest BCUT2D eigenvalue weighted by atomic mass is 35.5. The van der Waals surface area contributed by atoms with Gasteiger partial charge in [0.25, 0.3) is 0 Å². The molecule has 1 N–H and O–H groups in total. The Balaban J connectivity index is 1.93. The number of ether oxygens (including phenoxy) is 1. The van der Waals surface area contributed by atoms with Gasteiger partial charge in [-0.1, -0.05) is 23.7 Å². The summed E-state index contributed by atoms with van der Waals surface area (Å²) in [6.07, 6.45) is 1.90. The van der Waals surface area contributed by atoms with E-state index in [1.165, 1.54) is 0 Å². The summed E-state index contributed by atoms with van der Waals surface area (Å²) in [5, 5.41) is 10.8. The average Bonchev–Trinajstić information content (AvgIpc) is 2.83. The van der Waals surface area contributed by atoms with Crippen molar-refractivity contribution in [3.8, 4) is 5.75 Å². The molecular weight excluding hydrogens is 302 g/mol. The van der Waals surface area contributed by atoms with Crippen molar-refractivity contribution in [2.24, 2.45) is 7.05 Å². The van der Waals surface area contributed by atoms with E-state index in [-0.39, 0.29) is 5.56 Å². The van der Waals surface area contributed by atoms with E-state index >= 15 is 0 Å². The smallest absolute Gasteiger partial charge is 0.337 e. The Morgan fingerprint density at radius 1 is 1.23 bits per heavy atom. The fourth-order valence-electron chi connectivity index (χ4n) is 2.53. The Kier molecular flexibility index (Phi) is 3.77. The number of carboxylic acid groups (broad SMARTS) is 1. The monoisotopic (exact) mass is 315 g/mol. The second-order valence-corrected chi connectivity index (χ2v) is 5.45. The van der Waals surface area contributed by atoms with E-state index in [1.807, 2.05) is 23.9 Å². The van der Waals surface area contributed by atoms with Crippen molar-refractivity contribution in [3.63, 3.8) is 0 Å². The van der Waals surface area contributed by atoms with Gasteiger partial charge in [-0.25, -0.2) is 4.79 Å². The Labute approximate surface area is 132 Å². The molecule has 5 heteroatoms. The van der Waals surface area contributed by atoms with Gasteiger partial charge < -0.3 is 14.4 Å². The summed E-state index contributed by atoms with van der Waals surface area (Å²) in [7, 11) is 1.83. The van der Waals surface area contributed by atoms with Crippen LogP contribution in [0.4, 0.5) is 0 Å². The number of aryl methyl sites for hydroxylation is 1. The molecule has 0 saturated carbocycles. The van der Waals surface area contributed by atoms with Crippen LogP contribution in [0.5, 0.6) is 5.75 Å². The number of hydrogen-bond donors (Lipinski definition) is 1. The summed E-state index contributed by atoms with van der Waals surface area (Å²) < 4.78 is 7.57. The van der Waals surface area contributed by atoms with E-state index in [2.05, 4.69) is 0 Å². The first-order valence-electron chi connectivity index (χ1n) is 6.75.